The quantitative estimate of drug-likeness (QED) is 0.755. The number of hydrogen-bond donors (Lipinski definition) is 0. The lowest BCUT2D eigenvalue weighted by molar-refractivity contribution is -0.159. The van der Waals surface area contributed by atoms with Crippen LogP contribution in [0.4, 0.5) is 30.7 Å². The van der Waals surface area contributed by atoms with Crippen LogP contribution in [0.15, 0.2) is 18.2 Å². The van der Waals surface area contributed by atoms with Gasteiger partial charge in [-0.2, -0.15) is 26.3 Å². The molecule has 2 rings (SSSR count). The van der Waals surface area contributed by atoms with Crippen molar-refractivity contribution in [2.75, 3.05) is 12.3 Å². The number of nitrogens with zero attached hydrogens (tertiary/aromatic N) is 1. The van der Waals surface area contributed by atoms with E-state index in [2.05, 4.69) is 0 Å². The van der Waals surface area contributed by atoms with Crippen molar-refractivity contribution < 1.29 is 35.5 Å². The highest BCUT2D eigenvalue weighted by Crippen LogP contribution is 2.41. The molecule has 1 aliphatic heterocycles. The molecule has 1 unspecified atom stereocenters. The molecule has 0 N–H and O–H groups in total. The second-order valence-electron chi connectivity index (χ2n) is 4.54. The first-order chi connectivity index (χ1) is 9.99. The van der Waals surface area contributed by atoms with E-state index in [1.807, 2.05) is 0 Å². The van der Waals surface area contributed by atoms with E-state index in [9.17, 15) is 35.5 Å². The van der Waals surface area contributed by atoms with Gasteiger partial charge in [0.05, 0.1) is 11.3 Å². The Morgan fingerprint density at radius 1 is 1.18 bits per heavy atom. The summed E-state index contributed by atoms with van der Waals surface area (Å²) >= 11 is 0.803. The van der Waals surface area contributed by atoms with Crippen LogP contribution in [0.2, 0.25) is 0 Å². The fourth-order valence-electron chi connectivity index (χ4n) is 2.01. The Labute approximate surface area is 124 Å². The van der Waals surface area contributed by atoms with Crippen LogP contribution in [-0.2, 0) is 11.0 Å². The summed E-state index contributed by atoms with van der Waals surface area (Å²) < 4.78 is 88.2. The minimum absolute atomic E-state index is 0.120. The van der Waals surface area contributed by atoms with Gasteiger partial charge in [-0.1, -0.05) is 6.07 Å². The summed E-state index contributed by atoms with van der Waals surface area (Å²) in [5, 5.41) is -1.16. The van der Waals surface area contributed by atoms with Crippen LogP contribution < -0.4 is 0 Å². The highest BCUT2D eigenvalue weighted by atomic mass is 32.2. The van der Waals surface area contributed by atoms with Gasteiger partial charge in [-0.15, -0.1) is 11.8 Å². The molecule has 0 spiro atoms. The Balaban J connectivity index is 2.31. The Kier molecular flexibility index (Phi) is 4.33. The normalized spacial score (nSPS) is 19.9. The zero-order chi connectivity index (χ0) is 16.7. The zero-order valence-corrected chi connectivity index (χ0v) is 11.4. The number of thioether (sulfide) groups is 1. The Hall–Kier alpha value is -1.45. The predicted octanol–water partition coefficient (Wildman–Crippen LogP) is 3.98. The van der Waals surface area contributed by atoms with Gasteiger partial charge in [0.1, 0.15) is 17.7 Å². The molecule has 1 aliphatic rings. The fourth-order valence-corrected chi connectivity index (χ4v) is 3.19. The van der Waals surface area contributed by atoms with Crippen LogP contribution >= 0.6 is 11.8 Å². The molecule has 122 valence electrons. The van der Waals surface area contributed by atoms with Gasteiger partial charge < -0.3 is 4.90 Å². The molecule has 1 atom stereocenters. The first-order valence-electron chi connectivity index (χ1n) is 5.83. The monoisotopic (exact) mass is 347 g/mol. The smallest absolute Gasteiger partial charge is 0.317 e. The molecule has 2 nitrogen and oxygen atoms in total. The number of alkyl halides is 6. The molecule has 1 aromatic rings. The summed E-state index contributed by atoms with van der Waals surface area (Å²) in [5.41, 5.74) is -1.63. The molecule has 1 heterocycles. The number of benzene rings is 1. The Morgan fingerprint density at radius 2 is 1.82 bits per heavy atom. The minimum atomic E-state index is -4.90. The lowest BCUT2D eigenvalue weighted by Gasteiger charge is -2.25. The molecule has 0 aliphatic carbocycles. The molecule has 1 aromatic carbocycles. The maximum atomic E-state index is 13.5. The number of carbonyl (C=O) groups excluding carboxylic acids is 1. The van der Waals surface area contributed by atoms with Gasteiger partial charge >= 0.3 is 12.4 Å². The summed E-state index contributed by atoms with van der Waals surface area (Å²) in [4.78, 5) is 12.0. The van der Waals surface area contributed by atoms with Crippen molar-refractivity contribution in [3.8, 4) is 0 Å². The lowest BCUT2D eigenvalue weighted by atomic mass is 10.1. The average Bonchev–Trinajstić information content (AvgIpc) is 2.67. The van der Waals surface area contributed by atoms with Crippen molar-refractivity contribution >= 4 is 17.7 Å². The number of hydrogen-bond acceptors (Lipinski definition) is 2. The van der Waals surface area contributed by atoms with Crippen molar-refractivity contribution in [1.29, 1.82) is 0 Å². The molecule has 0 saturated carbocycles. The van der Waals surface area contributed by atoms with Gasteiger partial charge in [0.15, 0.2) is 0 Å². The molecule has 0 aromatic heterocycles. The molecular formula is C12H8F7NOS. The second kappa shape index (κ2) is 5.64. The average molecular weight is 347 g/mol. The van der Waals surface area contributed by atoms with Gasteiger partial charge in [0.25, 0.3) is 0 Å². The summed E-state index contributed by atoms with van der Waals surface area (Å²) in [7, 11) is 0. The van der Waals surface area contributed by atoms with Gasteiger partial charge in [0, 0.05) is 0 Å². The van der Waals surface area contributed by atoms with Gasteiger partial charge in [0.2, 0.25) is 5.91 Å². The molecule has 1 amide bonds. The van der Waals surface area contributed by atoms with Crippen molar-refractivity contribution in [2.45, 2.75) is 17.7 Å². The van der Waals surface area contributed by atoms with E-state index < -0.39 is 41.6 Å². The number of rotatable bonds is 2. The van der Waals surface area contributed by atoms with Crippen LogP contribution in [-0.4, -0.2) is 29.3 Å². The number of halogens is 7. The van der Waals surface area contributed by atoms with E-state index >= 15 is 0 Å². The van der Waals surface area contributed by atoms with Crippen LogP contribution in [0.5, 0.6) is 0 Å². The van der Waals surface area contributed by atoms with E-state index in [1.165, 1.54) is 0 Å². The van der Waals surface area contributed by atoms with Crippen LogP contribution in [0.1, 0.15) is 16.5 Å². The maximum absolute atomic E-state index is 13.5. The number of amides is 1. The molecule has 1 saturated heterocycles. The second-order valence-corrected chi connectivity index (χ2v) is 5.61. The lowest BCUT2D eigenvalue weighted by Crippen LogP contribution is -2.37. The Bertz CT molecular complexity index is 584. The Morgan fingerprint density at radius 3 is 2.32 bits per heavy atom. The summed E-state index contributed by atoms with van der Waals surface area (Å²) in [6.07, 6.45) is -9.55. The number of carbonyl (C=O) groups is 1. The highest BCUT2D eigenvalue weighted by molar-refractivity contribution is 8.00. The first-order valence-corrected chi connectivity index (χ1v) is 6.88. The van der Waals surface area contributed by atoms with Gasteiger partial charge in [-0.25, -0.2) is 4.39 Å². The van der Waals surface area contributed by atoms with E-state index in [1.54, 1.807) is 0 Å². The highest BCUT2D eigenvalue weighted by Gasteiger charge is 2.41. The van der Waals surface area contributed by atoms with Gasteiger partial charge in [-0.05, 0) is 17.7 Å². The molecule has 0 bridgehead atoms. The van der Waals surface area contributed by atoms with Crippen LogP contribution in [0, 0.1) is 5.82 Å². The van der Waals surface area contributed by atoms with E-state index in [-0.39, 0.29) is 11.3 Å². The molecular weight excluding hydrogens is 339 g/mol. The third kappa shape index (κ3) is 3.65. The molecule has 22 heavy (non-hydrogen) atoms. The molecule has 1 fully saturated rings. The molecule has 10 heteroatoms. The minimum Gasteiger partial charge on any atom is -0.317 e. The topological polar surface area (TPSA) is 20.3 Å². The van der Waals surface area contributed by atoms with Crippen molar-refractivity contribution in [1.82, 2.24) is 4.90 Å². The summed E-state index contributed by atoms with van der Waals surface area (Å²) in [6.45, 7) is -1.54. The van der Waals surface area contributed by atoms with E-state index in [0.717, 1.165) is 17.8 Å². The standard InChI is InChI=1S/C12H8F7NOS/c13-8-3-6(1-2-7(8)12(17,18)19)10-20(5-11(14,15)16)9(21)4-22-10/h1-3,10H,4-5H2. The third-order valence-electron chi connectivity index (χ3n) is 2.90. The fraction of sp³-hybridized carbons (Fsp3) is 0.417. The predicted molar refractivity (Wildman–Crippen MR) is 64.4 cm³/mol. The maximum Gasteiger partial charge on any atom is 0.419 e. The zero-order valence-electron chi connectivity index (χ0n) is 10.6. The summed E-state index contributed by atoms with van der Waals surface area (Å²) in [6, 6.07) is 1.85. The van der Waals surface area contributed by atoms with E-state index in [0.29, 0.717) is 17.0 Å². The van der Waals surface area contributed by atoms with Crippen LogP contribution in [0.25, 0.3) is 0 Å². The SMILES string of the molecule is O=C1CSC(c2ccc(C(F)(F)F)c(F)c2)N1CC(F)(F)F. The van der Waals surface area contributed by atoms with Crippen molar-refractivity contribution in [2.24, 2.45) is 0 Å². The van der Waals surface area contributed by atoms with E-state index in [4.69, 9.17) is 0 Å². The summed E-state index contributed by atoms with van der Waals surface area (Å²) in [5.74, 6) is -2.63. The van der Waals surface area contributed by atoms with Crippen molar-refractivity contribution in [3.63, 3.8) is 0 Å². The van der Waals surface area contributed by atoms with Crippen LogP contribution in [0.3, 0.4) is 0 Å². The molecule has 0 radical (unpaired) electrons. The van der Waals surface area contributed by atoms with Gasteiger partial charge in [-0.3, -0.25) is 4.79 Å². The third-order valence-corrected chi connectivity index (χ3v) is 4.16. The van der Waals surface area contributed by atoms with Crippen molar-refractivity contribution in [3.05, 3.63) is 35.1 Å². The first kappa shape index (κ1) is 16.9. The largest absolute Gasteiger partial charge is 0.419 e.